The molecule has 0 radical (unpaired) electrons. The van der Waals surface area contributed by atoms with Gasteiger partial charge in [-0.2, -0.15) is 0 Å². The number of nitrogens with one attached hydrogen (secondary N) is 1. The van der Waals surface area contributed by atoms with Crippen LogP contribution in [-0.4, -0.2) is 35.2 Å². The van der Waals surface area contributed by atoms with Crippen molar-refractivity contribution in [2.24, 2.45) is 5.41 Å². The summed E-state index contributed by atoms with van der Waals surface area (Å²) in [4.78, 5) is 14.2. The number of rotatable bonds is 3. The lowest BCUT2D eigenvalue weighted by atomic mass is 9.85. The normalized spacial score (nSPS) is 20.2. The number of nitrogens with zero attached hydrogens (tertiary/aromatic N) is 1. The Hall–Kier alpha value is -1.62. The van der Waals surface area contributed by atoms with Gasteiger partial charge < -0.3 is 15.3 Å². The third-order valence-corrected chi connectivity index (χ3v) is 4.07. The van der Waals surface area contributed by atoms with Crippen molar-refractivity contribution in [2.45, 2.75) is 52.2 Å². The molecule has 2 rings (SSSR count). The molecule has 2 unspecified atom stereocenters. The van der Waals surface area contributed by atoms with Crippen LogP contribution in [0.4, 0.5) is 9.18 Å². The fourth-order valence-corrected chi connectivity index (χ4v) is 2.94. The zero-order valence-corrected chi connectivity index (χ0v) is 14.2. The van der Waals surface area contributed by atoms with E-state index in [1.807, 2.05) is 0 Å². The quantitative estimate of drug-likeness (QED) is 0.895. The fourth-order valence-electron chi connectivity index (χ4n) is 2.94. The van der Waals surface area contributed by atoms with E-state index >= 15 is 0 Å². The summed E-state index contributed by atoms with van der Waals surface area (Å²) < 4.78 is 13.2. The van der Waals surface area contributed by atoms with E-state index < -0.39 is 6.10 Å². The summed E-state index contributed by atoms with van der Waals surface area (Å²) in [7, 11) is 0. The number of halogens is 1. The Morgan fingerprint density at radius 1 is 1.39 bits per heavy atom. The first-order chi connectivity index (χ1) is 10.7. The van der Waals surface area contributed by atoms with Crippen LogP contribution in [0, 0.1) is 11.2 Å². The van der Waals surface area contributed by atoms with Gasteiger partial charge in [-0.05, 0) is 42.4 Å². The lowest BCUT2D eigenvalue weighted by molar-refractivity contribution is 0.0826. The first kappa shape index (κ1) is 17.7. The van der Waals surface area contributed by atoms with E-state index in [0.717, 1.165) is 24.8 Å². The first-order valence-corrected chi connectivity index (χ1v) is 8.23. The Morgan fingerprint density at radius 3 is 2.61 bits per heavy atom. The maximum atomic E-state index is 13.2. The molecule has 5 heteroatoms. The van der Waals surface area contributed by atoms with Gasteiger partial charge in [0.25, 0.3) is 0 Å². The van der Waals surface area contributed by atoms with Gasteiger partial charge in [0, 0.05) is 13.1 Å². The van der Waals surface area contributed by atoms with Gasteiger partial charge in [-0.15, -0.1) is 0 Å². The van der Waals surface area contributed by atoms with E-state index in [4.69, 9.17) is 0 Å². The summed E-state index contributed by atoms with van der Waals surface area (Å²) in [6.45, 7) is 7.37. The van der Waals surface area contributed by atoms with Gasteiger partial charge in [-0.25, -0.2) is 9.18 Å². The number of urea groups is 1. The average Bonchev–Trinajstić information content (AvgIpc) is 2.46. The summed E-state index contributed by atoms with van der Waals surface area (Å²) >= 11 is 0. The highest BCUT2D eigenvalue weighted by Crippen LogP contribution is 2.30. The molecule has 4 nitrogen and oxygen atoms in total. The maximum absolute atomic E-state index is 13.2. The molecule has 0 bridgehead atoms. The second-order valence-corrected chi connectivity index (χ2v) is 7.56. The summed E-state index contributed by atoms with van der Waals surface area (Å²) in [5.41, 5.74) is 0.917. The van der Waals surface area contributed by atoms with Crippen molar-refractivity contribution >= 4 is 6.03 Å². The van der Waals surface area contributed by atoms with Crippen LogP contribution in [0.1, 0.15) is 51.6 Å². The number of hydrogen-bond acceptors (Lipinski definition) is 2. The van der Waals surface area contributed by atoms with Gasteiger partial charge >= 0.3 is 6.03 Å². The molecule has 0 saturated carbocycles. The number of carbonyl (C=O) groups excluding carboxylic acids is 1. The van der Waals surface area contributed by atoms with Crippen molar-refractivity contribution < 1.29 is 14.3 Å². The van der Waals surface area contributed by atoms with E-state index in [0.29, 0.717) is 13.1 Å². The van der Waals surface area contributed by atoms with Crippen LogP contribution in [0.3, 0.4) is 0 Å². The summed E-state index contributed by atoms with van der Waals surface area (Å²) in [5, 5.41) is 12.8. The molecule has 2 atom stereocenters. The lowest BCUT2D eigenvalue weighted by Crippen LogP contribution is -2.48. The molecule has 1 saturated heterocycles. The van der Waals surface area contributed by atoms with Crippen molar-refractivity contribution in [3.63, 3.8) is 0 Å². The summed E-state index contributed by atoms with van der Waals surface area (Å²) in [5.74, 6) is -0.284. The molecule has 128 valence electrons. The predicted octanol–water partition coefficient (Wildman–Crippen LogP) is 3.47. The molecule has 1 aromatic rings. The number of carbonyl (C=O) groups is 1. The minimum Gasteiger partial charge on any atom is -0.391 e. The average molecular weight is 322 g/mol. The van der Waals surface area contributed by atoms with Gasteiger partial charge in [0.05, 0.1) is 12.1 Å². The third-order valence-electron chi connectivity index (χ3n) is 4.07. The maximum Gasteiger partial charge on any atom is 0.317 e. The fraction of sp³-hybridized carbons (Fsp3) is 0.611. The number of β-amino-alcohol motifs (C(OH)–C–C–N with tert-alkyl or cyclic N) is 1. The summed E-state index contributed by atoms with van der Waals surface area (Å²) in [6.07, 6.45) is 1.87. The SMILES string of the molecule is CC(C)(C)CC(NC(=O)N1CCCC(O)C1)c1ccc(F)cc1. The number of hydrogen-bond donors (Lipinski definition) is 2. The number of likely N-dealkylation sites (tertiary alicyclic amines) is 1. The van der Waals surface area contributed by atoms with Gasteiger partial charge in [0.15, 0.2) is 0 Å². The van der Waals surface area contributed by atoms with Crippen LogP contribution >= 0.6 is 0 Å². The molecule has 23 heavy (non-hydrogen) atoms. The van der Waals surface area contributed by atoms with E-state index in [1.54, 1.807) is 17.0 Å². The standard InChI is InChI=1S/C18H27FN2O2/c1-18(2,3)11-16(13-6-8-14(19)9-7-13)20-17(23)21-10-4-5-15(22)12-21/h6-9,15-16,22H,4-5,10-12H2,1-3H3,(H,20,23). The van der Waals surface area contributed by atoms with Gasteiger partial charge in [-0.1, -0.05) is 32.9 Å². The van der Waals surface area contributed by atoms with Crippen molar-refractivity contribution in [3.05, 3.63) is 35.6 Å². The second-order valence-electron chi connectivity index (χ2n) is 7.56. The Morgan fingerprint density at radius 2 is 2.04 bits per heavy atom. The van der Waals surface area contributed by atoms with Crippen LogP contribution < -0.4 is 5.32 Å². The Bertz CT molecular complexity index is 525. The zero-order chi connectivity index (χ0) is 17.0. The monoisotopic (exact) mass is 322 g/mol. The third kappa shape index (κ3) is 5.50. The molecule has 0 spiro atoms. The number of amides is 2. The van der Waals surface area contributed by atoms with Crippen molar-refractivity contribution in [1.29, 1.82) is 0 Å². The van der Waals surface area contributed by atoms with Gasteiger partial charge in [-0.3, -0.25) is 0 Å². The smallest absolute Gasteiger partial charge is 0.317 e. The molecule has 1 heterocycles. The van der Waals surface area contributed by atoms with E-state index in [1.165, 1.54) is 12.1 Å². The highest BCUT2D eigenvalue weighted by molar-refractivity contribution is 5.75. The highest BCUT2D eigenvalue weighted by Gasteiger charge is 2.26. The molecular formula is C18H27FN2O2. The Balaban J connectivity index is 2.10. The number of benzene rings is 1. The van der Waals surface area contributed by atoms with Gasteiger partial charge in [0.1, 0.15) is 5.82 Å². The van der Waals surface area contributed by atoms with Crippen LogP contribution in [0.2, 0.25) is 0 Å². The van der Waals surface area contributed by atoms with Crippen molar-refractivity contribution in [1.82, 2.24) is 10.2 Å². The first-order valence-electron chi connectivity index (χ1n) is 8.23. The molecule has 0 aromatic heterocycles. The van der Waals surface area contributed by atoms with Crippen LogP contribution in [0.25, 0.3) is 0 Å². The molecule has 1 aliphatic heterocycles. The molecule has 1 aromatic carbocycles. The molecule has 1 fully saturated rings. The minimum absolute atomic E-state index is 0.0216. The second kappa shape index (κ2) is 7.30. The Kier molecular flexibility index (Phi) is 5.63. The zero-order valence-electron chi connectivity index (χ0n) is 14.2. The number of aliphatic hydroxyl groups is 1. The van der Waals surface area contributed by atoms with Crippen LogP contribution in [-0.2, 0) is 0 Å². The molecule has 2 amide bonds. The largest absolute Gasteiger partial charge is 0.391 e. The number of aliphatic hydroxyl groups excluding tert-OH is 1. The molecular weight excluding hydrogens is 295 g/mol. The summed E-state index contributed by atoms with van der Waals surface area (Å²) in [6, 6.07) is 5.93. The van der Waals surface area contributed by atoms with Gasteiger partial charge in [0.2, 0.25) is 0 Å². The minimum atomic E-state index is -0.443. The van der Waals surface area contributed by atoms with Crippen molar-refractivity contribution in [2.75, 3.05) is 13.1 Å². The van der Waals surface area contributed by atoms with Crippen LogP contribution in [0.5, 0.6) is 0 Å². The Labute approximate surface area is 137 Å². The van der Waals surface area contributed by atoms with E-state index in [9.17, 15) is 14.3 Å². The molecule has 0 aliphatic carbocycles. The topological polar surface area (TPSA) is 52.6 Å². The predicted molar refractivity (Wildman–Crippen MR) is 88.6 cm³/mol. The van der Waals surface area contributed by atoms with E-state index in [2.05, 4.69) is 26.1 Å². The van der Waals surface area contributed by atoms with Crippen molar-refractivity contribution in [3.8, 4) is 0 Å². The molecule has 2 N–H and O–H groups in total. The number of piperidine rings is 1. The lowest BCUT2D eigenvalue weighted by Gasteiger charge is -2.33. The van der Waals surface area contributed by atoms with Crippen LogP contribution in [0.15, 0.2) is 24.3 Å². The molecule has 1 aliphatic rings. The highest BCUT2D eigenvalue weighted by atomic mass is 19.1. The van der Waals surface area contributed by atoms with E-state index in [-0.39, 0.29) is 23.3 Å².